The molecule has 0 aliphatic heterocycles. The van der Waals surface area contributed by atoms with Crippen molar-refractivity contribution in [3.63, 3.8) is 0 Å². The summed E-state index contributed by atoms with van der Waals surface area (Å²) in [6.07, 6.45) is 4.38. The Morgan fingerprint density at radius 3 is 2.62 bits per heavy atom. The van der Waals surface area contributed by atoms with Gasteiger partial charge in [-0.25, -0.2) is 0 Å². The van der Waals surface area contributed by atoms with Crippen LogP contribution in [0.2, 0.25) is 0 Å². The average Bonchev–Trinajstić information content (AvgIpc) is 1.68. The second-order valence-electron chi connectivity index (χ2n) is 1.96. The Morgan fingerprint density at radius 1 is 1.62 bits per heavy atom. The van der Waals surface area contributed by atoms with Crippen molar-refractivity contribution >= 4 is 0 Å². The summed E-state index contributed by atoms with van der Waals surface area (Å²) in [5.41, 5.74) is 4.49. The minimum absolute atomic E-state index is 1.18. The van der Waals surface area contributed by atoms with E-state index in [0.717, 1.165) is 0 Å². The Labute approximate surface area is 51.9 Å². The topological polar surface area (TPSA) is 0 Å². The zero-order chi connectivity index (χ0) is 6.41. The van der Waals surface area contributed by atoms with Crippen molar-refractivity contribution < 1.29 is 0 Å². The van der Waals surface area contributed by atoms with Crippen LogP contribution in [0.4, 0.5) is 0 Å². The predicted octanol–water partition coefficient (Wildman–Crippen LogP) is 2.91. The highest BCUT2D eigenvalue weighted by Crippen LogP contribution is 1.99. The lowest BCUT2D eigenvalue weighted by molar-refractivity contribution is 0.907. The van der Waals surface area contributed by atoms with E-state index < -0.39 is 0 Å². The van der Waals surface area contributed by atoms with Crippen LogP contribution in [0.5, 0.6) is 0 Å². The van der Waals surface area contributed by atoms with Gasteiger partial charge in [0, 0.05) is 0 Å². The maximum absolute atomic E-state index is 3.14. The van der Waals surface area contributed by atoms with E-state index in [4.69, 9.17) is 0 Å². The average molecular weight is 110 g/mol. The van der Waals surface area contributed by atoms with Gasteiger partial charge in [0.2, 0.25) is 0 Å². The Morgan fingerprint density at radius 2 is 2.25 bits per heavy atom. The van der Waals surface area contributed by atoms with Gasteiger partial charge in [-0.1, -0.05) is 13.3 Å². The molecule has 0 aliphatic rings. The van der Waals surface area contributed by atoms with Crippen LogP contribution in [0.15, 0.2) is 17.4 Å². The summed E-state index contributed by atoms with van der Waals surface area (Å²) in [6.45, 7) is 6.30. The minimum Gasteiger partial charge on any atom is -0.127 e. The first-order valence-electron chi connectivity index (χ1n) is 3.18. The molecule has 0 fully saturated rings. The van der Waals surface area contributed by atoms with Crippen molar-refractivity contribution in [3.8, 4) is 0 Å². The number of rotatable bonds is 2. The summed E-state index contributed by atoms with van der Waals surface area (Å²) in [6, 6.07) is 0. The molecular weight excluding hydrogens is 96.1 g/mol. The lowest BCUT2D eigenvalue weighted by Gasteiger charge is -1.88. The molecule has 0 heterocycles. The third kappa shape index (κ3) is 3.70. The van der Waals surface area contributed by atoms with Gasteiger partial charge in [0.05, 0.1) is 0 Å². The van der Waals surface area contributed by atoms with E-state index in [-0.39, 0.29) is 0 Å². The van der Waals surface area contributed by atoms with Crippen molar-refractivity contribution in [2.24, 2.45) is 0 Å². The molecule has 0 spiro atoms. The normalized spacial score (nSPS) is 7.88. The molecule has 8 heavy (non-hydrogen) atoms. The van der Waals surface area contributed by atoms with Crippen LogP contribution in [0.1, 0.15) is 33.6 Å². The van der Waals surface area contributed by atoms with Gasteiger partial charge in [0.15, 0.2) is 0 Å². The fraction of sp³-hybridized carbons (Fsp3) is 0.625. The molecule has 0 unspecified atom stereocenters. The molecule has 46 valence electrons. The van der Waals surface area contributed by atoms with E-state index >= 15 is 0 Å². The SMILES string of the molecule is CC=C=C(C)CCC. The highest BCUT2D eigenvalue weighted by molar-refractivity contribution is 4.96. The zero-order valence-electron chi connectivity index (χ0n) is 5.99. The summed E-state index contributed by atoms with van der Waals surface area (Å²) in [4.78, 5) is 0. The highest BCUT2D eigenvalue weighted by atomic mass is 13.8. The first kappa shape index (κ1) is 7.52. The second kappa shape index (κ2) is 4.67. The molecule has 0 nitrogen and oxygen atoms in total. The van der Waals surface area contributed by atoms with Crippen molar-refractivity contribution in [2.75, 3.05) is 0 Å². The Balaban J connectivity index is 3.62. The van der Waals surface area contributed by atoms with E-state index in [1.54, 1.807) is 0 Å². The van der Waals surface area contributed by atoms with Crippen LogP contribution in [0.3, 0.4) is 0 Å². The summed E-state index contributed by atoms with van der Waals surface area (Å²) < 4.78 is 0. The third-order valence-electron chi connectivity index (χ3n) is 1.02. The number of allylic oxidation sites excluding steroid dienone is 1. The van der Waals surface area contributed by atoms with Gasteiger partial charge >= 0.3 is 0 Å². The Hall–Kier alpha value is -0.480. The maximum atomic E-state index is 3.14. The van der Waals surface area contributed by atoms with Gasteiger partial charge in [-0.3, -0.25) is 0 Å². The van der Waals surface area contributed by atoms with Crippen LogP contribution in [-0.4, -0.2) is 0 Å². The summed E-state index contributed by atoms with van der Waals surface area (Å²) in [5.74, 6) is 0. The van der Waals surface area contributed by atoms with Crippen LogP contribution in [0, 0.1) is 0 Å². The van der Waals surface area contributed by atoms with Gasteiger partial charge in [0.25, 0.3) is 0 Å². The molecule has 0 aliphatic carbocycles. The van der Waals surface area contributed by atoms with Crippen molar-refractivity contribution in [1.82, 2.24) is 0 Å². The molecule has 0 aromatic rings. The van der Waals surface area contributed by atoms with E-state index in [9.17, 15) is 0 Å². The molecule has 0 atom stereocenters. The number of hydrogen-bond acceptors (Lipinski definition) is 0. The maximum Gasteiger partial charge on any atom is -0.0249 e. The molecule has 0 aromatic carbocycles. The van der Waals surface area contributed by atoms with Gasteiger partial charge in [-0.05, 0) is 31.9 Å². The largest absolute Gasteiger partial charge is 0.127 e. The third-order valence-corrected chi connectivity index (χ3v) is 1.02. The highest BCUT2D eigenvalue weighted by Gasteiger charge is 1.80. The molecule has 0 bridgehead atoms. The van der Waals surface area contributed by atoms with Crippen LogP contribution < -0.4 is 0 Å². The monoisotopic (exact) mass is 110 g/mol. The molecule has 0 rings (SSSR count). The van der Waals surface area contributed by atoms with Gasteiger partial charge < -0.3 is 0 Å². The standard InChI is InChI=1S/C8H14/c1-4-6-8(3)7-5-2/h4H,5,7H2,1-3H3. The first-order chi connectivity index (χ1) is 3.81. The van der Waals surface area contributed by atoms with Crippen molar-refractivity contribution in [1.29, 1.82) is 0 Å². The molecule has 0 radical (unpaired) electrons. The summed E-state index contributed by atoms with van der Waals surface area (Å²) in [7, 11) is 0. The van der Waals surface area contributed by atoms with Crippen LogP contribution >= 0.6 is 0 Å². The fourth-order valence-electron chi connectivity index (χ4n) is 0.694. The fourth-order valence-corrected chi connectivity index (χ4v) is 0.694. The van der Waals surface area contributed by atoms with Crippen molar-refractivity contribution in [3.05, 3.63) is 17.4 Å². The van der Waals surface area contributed by atoms with Gasteiger partial charge in [-0.2, -0.15) is 0 Å². The van der Waals surface area contributed by atoms with Gasteiger partial charge in [-0.15, -0.1) is 5.73 Å². The zero-order valence-corrected chi connectivity index (χ0v) is 5.99. The van der Waals surface area contributed by atoms with Crippen LogP contribution in [0.25, 0.3) is 0 Å². The molecule has 0 saturated carbocycles. The summed E-state index contributed by atoms with van der Waals surface area (Å²) >= 11 is 0. The molecule has 0 aromatic heterocycles. The smallest absolute Gasteiger partial charge is 0.0249 e. The summed E-state index contributed by atoms with van der Waals surface area (Å²) in [5, 5.41) is 0. The lowest BCUT2D eigenvalue weighted by atomic mass is 10.2. The molecule has 0 amide bonds. The molecule has 0 N–H and O–H groups in total. The second-order valence-corrected chi connectivity index (χ2v) is 1.96. The first-order valence-corrected chi connectivity index (χ1v) is 3.18. The van der Waals surface area contributed by atoms with E-state index in [2.05, 4.69) is 19.6 Å². The Bertz CT molecular complexity index is 103. The quantitative estimate of drug-likeness (QED) is 0.479. The van der Waals surface area contributed by atoms with Crippen molar-refractivity contribution in [2.45, 2.75) is 33.6 Å². The molecular formula is C8H14. The van der Waals surface area contributed by atoms with Gasteiger partial charge in [0.1, 0.15) is 0 Å². The predicted molar refractivity (Wildman–Crippen MR) is 37.9 cm³/mol. The lowest BCUT2D eigenvalue weighted by Crippen LogP contribution is -1.69. The number of hydrogen-bond donors (Lipinski definition) is 0. The van der Waals surface area contributed by atoms with E-state index in [0.29, 0.717) is 0 Å². The molecule has 0 saturated heterocycles. The minimum atomic E-state index is 1.18. The van der Waals surface area contributed by atoms with Crippen LogP contribution in [-0.2, 0) is 0 Å². The molecule has 0 heteroatoms. The van der Waals surface area contributed by atoms with E-state index in [1.807, 2.05) is 13.0 Å². The Kier molecular flexibility index (Phi) is 4.39. The van der Waals surface area contributed by atoms with E-state index in [1.165, 1.54) is 18.4 Å².